The van der Waals surface area contributed by atoms with Crippen LogP contribution in [0.5, 0.6) is 0 Å². The van der Waals surface area contributed by atoms with Gasteiger partial charge in [0, 0.05) is 5.69 Å². The Labute approximate surface area is 155 Å². The number of hydrogen-bond acceptors (Lipinski definition) is 2. The number of aryl methyl sites for hydroxylation is 1. The molecule has 3 nitrogen and oxygen atoms in total. The molecule has 4 heteroatoms. The average molecular weight is 350 g/mol. The molecule has 25 heavy (non-hydrogen) atoms. The molecule has 0 amide bonds. The lowest BCUT2D eigenvalue weighted by Crippen LogP contribution is -2.45. The lowest BCUT2D eigenvalue weighted by Gasteiger charge is -2.32. The van der Waals surface area contributed by atoms with Gasteiger partial charge in [0.15, 0.2) is 5.11 Å². The molecule has 128 valence electrons. The molecule has 0 aliphatic heterocycles. The normalized spacial score (nSPS) is 15.4. The summed E-state index contributed by atoms with van der Waals surface area (Å²) in [6.07, 6.45) is 5.05. The Balaban J connectivity index is 1.71. The molecule has 0 unspecified atom stereocenters. The van der Waals surface area contributed by atoms with E-state index in [2.05, 4.69) is 47.9 Å². The minimum atomic E-state index is -0.0709. The minimum absolute atomic E-state index is 0.0709. The summed E-state index contributed by atoms with van der Waals surface area (Å²) in [6, 6.07) is 18.8. The monoisotopic (exact) mass is 349 g/mol. The fourth-order valence-electron chi connectivity index (χ4n) is 3.51. The first-order valence-corrected chi connectivity index (χ1v) is 9.14. The first kappa shape index (κ1) is 17.4. The van der Waals surface area contributed by atoms with Crippen LogP contribution in [0.25, 0.3) is 0 Å². The van der Waals surface area contributed by atoms with Crippen molar-refractivity contribution in [2.24, 2.45) is 0 Å². The maximum atomic E-state index is 8.75. The summed E-state index contributed by atoms with van der Waals surface area (Å²) in [5, 5.41) is 16.3. The standard InChI is InChI=1S/C21H23N3S/c1-16-4-8-18(9-5-16)21(13-2-3-14-21)24-20(25)23-19-10-6-17(7-11-19)12-15-22/h4-11H,2-3,12-14H2,1H3,(H2,23,24,25). The highest BCUT2D eigenvalue weighted by atomic mass is 32.1. The zero-order chi connectivity index (χ0) is 17.7. The Kier molecular flexibility index (Phi) is 5.35. The highest BCUT2D eigenvalue weighted by molar-refractivity contribution is 7.80. The van der Waals surface area contributed by atoms with E-state index >= 15 is 0 Å². The van der Waals surface area contributed by atoms with Crippen molar-refractivity contribution in [1.29, 1.82) is 5.26 Å². The van der Waals surface area contributed by atoms with Gasteiger partial charge in [0.1, 0.15) is 0 Å². The van der Waals surface area contributed by atoms with Gasteiger partial charge in [0.2, 0.25) is 0 Å². The molecule has 1 aliphatic carbocycles. The Morgan fingerprint density at radius 1 is 1.08 bits per heavy atom. The second-order valence-corrected chi connectivity index (χ2v) is 7.17. The van der Waals surface area contributed by atoms with Crippen molar-refractivity contribution in [3.8, 4) is 6.07 Å². The van der Waals surface area contributed by atoms with Crippen LogP contribution in [-0.2, 0) is 12.0 Å². The molecule has 0 bridgehead atoms. The van der Waals surface area contributed by atoms with Gasteiger partial charge in [-0.05, 0) is 55.2 Å². The molecular weight excluding hydrogens is 326 g/mol. The van der Waals surface area contributed by atoms with Gasteiger partial charge in [-0.15, -0.1) is 0 Å². The number of nitriles is 1. The van der Waals surface area contributed by atoms with Gasteiger partial charge in [-0.3, -0.25) is 0 Å². The van der Waals surface area contributed by atoms with Crippen molar-refractivity contribution in [2.75, 3.05) is 5.32 Å². The van der Waals surface area contributed by atoms with Gasteiger partial charge in [-0.2, -0.15) is 5.26 Å². The number of hydrogen-bond donors (Lipinski definition) is 2. The molecule has 0 radical (unpaired) electrons. The molecule has 0 spiro atoms. The van der Waals surface area contributed by atoms with Crippen molar-refractivity contribution in [1.82, 2.24) is 5.32 Å². The number of nitrogens with zero attached hydrogens (tertiary/aromatic N) is 1. The summed E-state index contributed by atoms with van der Waals surface area (Å²) < 4.78 is 0. The van der Waals surface area contributed by atoms with Crippen LogP contribution in [0.4, 0.5) is 5.69 Å². The van der Waals surface area contributed by atoms with Crippen molar-refractivity contribution >= 4 is 23.0 Å². The highest BCUT2D eigenvalue weighted by Crippen LogP contribution is 2.38. The number of thiocarbonyl (C=S) groups is 1. The predicted octanol–water partition coefficient (Wildman–Crippen LogP) is 4.82. The fraction of sp³-hybridized carbons (Fsp3) is 0.333. The van der Waals surface area contributed by atoms with Gasteiger partial charge >= 0.3 is 0 Å². The van der Waals surface area contributed by atoms with E-state index in [1.807, 2.05) is 24.3 Å². The van der Waals surface area contributed by atoms with Gasteiger partial charge in [-0.25, -0.2) is 0 Å². The van der Waals surface area contributed by atoms with Crippen LogP contribution in [0.1, 0.15) is 42.4 Å². The lowest BCUT2D eigenvalue weighted by atomic mass is 9.88. The van der Waals surface area contributed by atoms with Gasteiger partial charge in [-0.1, -0.05) is 54.8 Å². The third-order valence-electron chi connectivity index (χ3n) is 4.91. The summed E-state index contributed by atoms with van der Waals surface area (Å²) in [5.74, 6) is 0. The third kappa shape index (κ3) is 4.18. The van der Waals surface area contributed by atoms with E-state index < -0.39 is 0 Å². The maximum absolute atomic E-state index is 8.75. The van der Waals surface area contributed by atoms with Crippen LogP contribution in [-0.4, -0.2) is 5.11 Å². The van der Waals surface area contributed by atoms with Crippen molar-refractivity contribution in [3.63, 3.8) is 0 Å². The molecule has 1 fully saturated rings. The van der Waals surface area contributed by atoms with Crippen LogP contribution >= 0.6 is 12.2 Å². The first-order valence-electron chi connectivity index (χ1n) is 8.73. The van der Waals surface area contributed by atoms with Crippen LogP contribution in [0, 0.1) is 18.3 Å². The van der Waals surface area contributed by atoms with Crippen molar-refractivity contribution in [3.05, 3.63) is 65.2 Å². The highest BCUT2D eigenvalue weighted by Gasteiger charge is 2.36. The van der Waals surface area contributed by atoms with Crippen LogP contribution in [0.3, 0.4) is 0 Å². The van der Waals surface area contributed by atoms with E-state index in [1.165, 1.54) is 24.0 Å². The van der Waals surface area contributed by atoms with Crippen molar-refractivity contribution < 1.29 is 0 Å². The van der Waals surface area contributed by atoms with E-state index in [-0.39, 0.29) is 5.54 Å². The molecule has 2 aromatic rings. The Morgan fingerprint density at radius 3 is 2.32 bits per heavy atom. The smallest absolute Gasteiger partial charge is 0.171 e. The van der Waals surface area contributed by atoms with Crippen LogP contribution in [0.2, 0.25) is 0 Å². The number of rotatable bonds is 4. The molecule has 2 aromatic carbocycles. The third-order valence-corrected chi connectivity index (χ3v) is 5.11. The van der Waals surface area contributed by atoms with Crippen LogP contribution < -0.4 is 10.6 Å². The molecule has 0 atom stereocenters. The van der Waals surface area contributed by atoms with Gasteiger partial charge in [0.25, 0.3) is 0 Å². The van der Waals surface area contributed by atoms with E-state index in [0.29, 0.717) is 11.5 Å². The second-order valence-electron chi connectivity index (χ2n) is 6.77. The lowest BCUT2D eigenvalue weighted by molar-refractivity contribution is 0.408. The molecular formula is C21H23N3S. The SMILES string of the molecule is Cc1ccc(C2(NC(=S)Nc3ccc(CC#N)cc3)CCCC2)cc1. The Morgan fingerprint density at radius 2 is 1.72 bits per heavy atom. The zero-order valence-corrected chi connectivity index (χ0v) is 15.3. The van der Waals surface area contributed by atoms with E-state index in [1.54, 1.807) is 0 Å². The zero-order valence-electron chi connectivity index (χ0n) is 14.5. The summed E-state index contributed by atoms with van der Waals surface area (Å²) >= 11 is 5.58. The quantitative estimate of drug-likeness (QED) is 0.777. The number of anilines is 1. The maximum Gasteiger partial charge on any atom is 0.171 e. The second kappa shape index (κ2) is 7.67. The Hall–Kier alpha value is -2.38. The fourth-order valence-corrected chi connectivity index (χ4v) is 3.83. The summed E-state index contributed by atoms with van der Waals surface area (Å²) in [5.41, 5.74) is 4.47. The van der Waals surface area contributed by atoms with Gasteiger partial charge in [0.05, 0.1) is 18.0 Å². The molecule has 0 aromatic heterocycles. The minimum Gasteiger partial charge on any atom is -0.353 e. The molecule has 0 saturated heterocycles. The topological polar surface area (TPSA) is 47.8 Å². The molecule has 0 heterocycles. The number of nitrogens with one attached hydrogen (secondary N) is 2. The summed E-state index contributed by atoms with van der Waals surface area (Å²) in [4.78, 5) is 0. The Bertz CT molecular complexity index is 766. The van der Waals surface area contributed by atoms with Gasteiger partial charge < -0.3 is 10.6 Å². The first-order chi connectivity index (χ1) is 12.1. The molecule has 3 rings (SSSR count). The van der Waals surface area contributed by atoms with Crippen molar-refractivity contribution in [2.45, 2.75) is 44.6 Å². The van der Waals surface area contributed by atoms with E-state index in [0.717, 1.165) is 24.1 Å². The van der Waals surface area contributed by atoms with Crippen LogP contribution in [0.15, 0.2) is 48.5 Å². The molecule has 1 saturated carbocycles. The molecule has 2 N–H and O–H groups in total. The van der Waals surface area contributed by atoms with E-state index in [9.17, 15) is 0 Å². The summed E-state index contributed by atoms with van der Waals surface area (Å²) in [7, 11) is 0. The summed E-state index contributed by atoms with van der Waals surface area (Å²) in [6.45, 7) is 2.11. The predicted molar refractivity (Wildman–Crippen MR) is 106 cm³/mol. The molecule has 1 aliphatic rings. The largest absolute Gasteiger partial charge is 0.353 e. The average Bonchev–Trinajstić information content (AvgIpc) is 3.07. The van der Waals surface area contributed by atoms with E-state index in [4.69, 9.17) is 17.5 Å². The number of benzene rings is 2.